The second-order valence-electron chi connectivity index (χ2n) is 8.12. The Labute approximate surface area is 162 Å². The Morgan fingerprint density at radius 3 is 2.71 bits per heavy atom. The summed E-state index contributed by atoms with van der Waals surface area (Å²) in [6.45, 7) is 0.851. The first-order valence-corrected chi connectivity index (χ1v) is 9.99. The molecule has 0 aromatic carbocycles. The minimum Gasteiger partial charge on any atom is -0.480 e. The van der Waals surface area contributed by atoms with E-state index in [1.807, 2.05) is 0 Å². The zero-order valence-corrected chi connectivity index (χ0v) is 16.4. The molecule has 3 atom stereocenters. The predicted octanol–water partition coefficient (Wildman–Crippen LogP) is 0.542. The van der Waals surface area contributed by atoms with E-state index in [9.17, 15) is 19.5 Å². The van der Waals surface area contributed by atoms with Crippen LogP contribution in [0.3, 0.4) is 0 Å². The molecule has 1 saturated heterocycles. The zero-order valence-electron chi connectivity index (χ0n) is 16.4. The molecule has 0 spiro atoms. The zero-order chi connectivity index (χ0) is 20.0. The minimum atomic E-state index is -0.765. The predicted molar refractivity (Wildman–Crippen MR) is 103 cm³/mol. The highest BCUT2D eigenvalue weighted by atomic mass is 16.4. The van der Waals surface area contributed by atoms with E-state index in [0.29, 0.717) is 42.5 Å². The quantitative estimate of drug-likeness (QED) is 0.801. The third-order valence-corrected chi connectivity index (χ3v) is 6.51. The molecule has 2 aromatic rings. The molecule has 2 aliphatic rings. The van der Waals surface area contributed by atoms with Crippen LogP contribution in [-0.2, 0) is 25.4 Å². The fourth-order valence-electron chi connectivity index (χ4n) is 5.12. The molecule has 9 nitrogen and oxygen atoms in total. The van der Waals surface area contributed by atoms with E-state index in [0.717, 1.165) is 19.3 Å². The van der Waals surface area contributed by atoms with Crippen molar-refractivity contribution in [3.8, 4) is 0 Å². The van der Waals surface area contributed by atoms with Gasteiger partial charge in [-0.15, -0.1) is 0 Å². The first kappa shape index (κ1) is 18.9. The summed E-state index contributed by atoms with van der Waals surface area (Å²) in [6.07, 6.45) is 7.26. The van der Waals surface area contributed by atoms with E-state index in [1.54, 1.807) is 18.7 Å². The Bertz CT molecular complexity index is 1020. The highest BCUT2D eigenvalue weighted by molar-refractivity contribution is 5.74. The topological polar surface area (TPSA) is 102 Å². The molecule has 0 bridgehead atoms. The lowest BCUT2D eigenvalue weighted by atomic mass is 9.85. The molecule has 152 valence electrons. The maximum atomic E-state index is 12.8. The number of nitrogens with zero attached hydrogens (tertiary/aromatic N) is 5. The molecule has 1 aliphatic heterocycles. The Balaban J connectivity index is 1.55. The summed E-state index contributed by atoms with van der Waals surface area (Å²) >= 11 is 0. The number of hydrogen-bond acceptors (Lipinski definition) is 5. The van der Waals surface area contributed by atoms with E-state index in [4.69, 9.17) is 0 Å². The van der Waals surface area contributed by atoms with Crippen molar-refractivity contribution in [1.82, 2.24) is 23.6 Å². The Kier molecular flexibility index (Phi) is 4.86. The smallest absolute Gasteiger partial charge is 0.332 e. The van der Waals surface area contributed by atoms with Crippen LogP contribution in [0.15, 0.2) is 15.9 Å². The SMILES string of the molecule is Cn1cnc2c1c(=O)n(CCCN1C(C(=O)O)CC3CCCCC31)c(=O)n2C. The van der Waals surface area contributed by atoms with Gasteiger partial charge in [0.05, 0.1) is 6.33 Å². The van der Waals surface area contributed by atoms with E-state index in [-0.39, 0.29) is 17.8 Å². The lowest BCUT2D eigenvalue weighted by Gasteiger charge is -2.33. The van der Waals surface area contributed by atoms with Crippen LogP contribution in [0, 0.1) is 5.92 Å². The van der Waals surface area contributed by atoms with Crippen molar-refractivity contribution >= 4 is 17.1 Å². The number of hydrogen-bond donors (Lipinski definition) is 1. The number of aryl methyl sites for hydroxylation is 2. The maximum absolute atomic E-state index is 12.8. The molecule has 4 rings (SSSR count). The lowest BCUT2D eigenvalue weighted by molar-refractivity contribution is -0.142. The molecule has 3 heterocycles. The second kappa shape index (κ2) is 7.20. The van der Waals surface area contributed by atoms with Crippen molar-refractivity contribution in [1.29, 1.82) is 0 Å². The number of carboxylic acids is 1. The standard InChI is InChI=1S/C19H27N5O4/c1-21-11-20-16-15(21)17(25)24(19(28)22(16)2)9-5-8-23-13-7-4-3-6-12(13)10-14(23)18(26)27/h11-14H,3-10H2,1-2H3,(H,26,27). The Morgan fingerprint density at radius 1 is 1.21 bits per heavy atom. The number of carboxylic acid groups (broad SMARTS) is 1. The van der Waals surface area contributed by atoms with Gasteiger partial charge >= 0.3 is 11.7 Å². The summed E-state index contributed by atoms with van der Waals surface area (Å²) in [5.74, 6) is -0.310. The van der Waals surface area contributed by atoms with Gasteiger partial charge in [0.15, 0.2) is 11.2 Å². The number of rotatable bonds is 5. The van der Waals surface area contributed by atoms with Gasteiger partial charge in [-0.3, -0.25) is 23.6 Å². The lowest BCUT2D eigenvalue weighted by Crippen LogP contribution is -2.44. The molecular formula is C19H27N5O4. The molecule has 28 heavy (non-hydrogen) atoms. The summed E-state index contributed by atoms with van der Waals surface area (Å²) < 4.78 is 4.26. The summed E-state index contributed by atoms with van der Waals surface area (Å²) in [7, 11) is 3.34. The normalized spacial score (nSPS) is 25.3. The van der Waals surface area contributed by atoms with E-state index < -0.39 is 12.0 Å². The average molecular weight is 389 g/mol. The second-order valence-corrected chi connectivity index (χ2v) is 8.12. The number of aliphatic carboxylic acids is 1. The van der Waals surface area contributed by atoms with Crippen LogP contribution in [0.4, 0.5) is 0 Å². The van der Waals surface area contributed by atoms with E-state index >= 15 is 0 Å². The Hall–Kier alpha value is -2.42. The highest BCUT2D eigenvalue weighted by Gasteiger charge is 2.44. The molecule has 0 amide bonds. The minimum absolute atomic E-state index is 0.271. The summed E-state index contributed by atoms with van der Waals surface area (Å²) in [5.41, 5.74) is 0.0520. The van der Waals surface area contributed by atoms with Crippen LogP contribution in [0.1, 0.15) is 38.5 Å². The van der Waals surface area contributed by atoms with Gasteiger partial charge in [0.2, 0.25) is 0 Å². The third-order valence-electron chi connectivity index (χ3n) is 6.51. The molecule has 3 unspecified atom stereocenters. The molecule has 1 aliphatic carbocycles. The monoisotopic (exact) mass is 389 g/mol. The number of fused-ring (bicyclic) bond motifs is 2. The molecule has 1 saturated carbocycles. The first-order chi connectivity index (χ1) is 13.4. The van der Waals surface area contributed by atoms with Gasteiger partial charge in [0.1, 0.15) is 6.04 Å². The Morgan fingerprint density at radius 2 is 1.96 bits per heavy atom. The van der Waals surface area contributed by atoms with Gasteiger partial charge in [-0.2, -0.15) is 0 Å². The third kappa shape index (κ3) is 2.97. The fraction of sp³-hybridized carbons (Fsp3) is 0.684. The van der Waals surface area contributed by atoms with Crippen LogP contribution in [-0.4, -0.2) is 53.3 Å². The summed E-state index contributed by atoms with van der Waals surface area (Å²) in [4.78, 5) is 43.4. The maximum Gasteiger partial charge on any atom is 0.332 e. The van der Waals surface area contributed by atoms with Gasteiger partial charge in [-0.25, -0.2) is 9.78 Å². The molecule has 0 radical (unpaired) electrons. The number of imidazole rings is 1. The molecular weight excluding hydrogens is 362 g/mol. The van der Waals surface area contributed by atoms with Gasteiger partial charge < -0.3 is 9.67 Å². The van der Waals surface area contributed by atoms with Crippen molar-refractivity contribution < 1.29 is 9.90 Å². The van der Waals surface area contributed by atoms with E-state index in [2.05, 4.69) is 9.88 Å². The number of likely N-dealkylation sites (tertiary alicyclic amines) is 1. The van der Waals surface area contributed by atoms with Crippen LogP contribution >= 0.6 is 0 Å². The van der Waals surface area contributed by atoms with Gasteiger partial charge in [-0.1, -0.05) is 12.8 Å². The van der Waals surface area contributed by atoms with Crippen molar-refractivity contribution in [3.05, 3.63) is 27.2 Å². The van der Waals surface area contributed by atoms with Gasteiger partial charge in [-0.05, 0) is 31.6 Å². The fourth-order valence-corrected chi connectivity index (χ4v) is 5.12. The van der Waals surface area contributed by atoms with Crippen LogP contribution in [0.5, 0.6) is 0 Å². The summed E-state index contributed by atoms with van der Waals surface area (Å²) in [5, 5.41) is 9.64. The highest BCUT2D eigenvalue weighted by Crippen LogP contribution is 2.39. The van der Waals surface area contributed by atoms with Gasteiger partial charge in [0, 0.05) is 33.2 Å². The average Bonchev–Trinajstić information content (AvgIpc) is 3.24. The molecule has 2 aromatic heterocycles. The van der Waals surface area contributed by atoms with Crippen molar-refractivity contribution in [3.63, 3.8) is 0 Å². The van der Waals surface area contributed by atoms with Crippen LogP contribution in [0.25, 0.3) is 11.2 Å². The molecule has 1 N–H and O–H groups in total. The van der Waals surface area contributed by atoms with E-state index in [1.165, 1.54) is 21.9 Å². The first-order valence-electron chi connectivity index (χ1n) is 9.99. The van der Waals surface area contributed by atoms with Crippen molar-refractivity contribution in [2.45, 2.75) is 57.2 Å². The van der Waals surface area contributed by atoms with Crippen molar-refractivity contribution in [2.24, 2.45) is 20.0 Å². The number of aromatic nitrogens is 4. The van der Waals surface area contributed by atoms with Gasteiger partial charge in [0.25, 0.3) is 5.56 Å². The molecule has 2 fully saturated rings. The molecule has 9 heteroatoms. The van der Waals surface area contributed by atoms with Crippen molar-refractivity contribution in [2.75, 3.05) is 6.54 Å². The largest absolute Gasteiger partial charge is 0.480 e. The van der Waals surface area contributed by atoms with Crippen LogP contribution < -0.4 is 11.2 Å². The summed E-state index contributed by atoms with van der Waals surface area (Å²) in [6, 6.07) is -0.138. The van der Waals surface area contributed by atoms with Crippen LogP contribution in [0.2, 0.25) is 0 Å². The number of carbonyl (C=O) groups is 1.